The van der Waals surface area contributed by atoms with Gasteiger partial charge in [-0.3, -0.25) is 0 Å². The lowest BCUT2D eigenvalue weighted by molar-refractivity contribution is -0.137. The van der Waals surface area contributed by atoms with Crippen LogP contribution in [0.25, 0.3) is 0 Å². The second-order valence-corrected chi connectivity index (χ2v) is 4.74. The minimum absolute atomic E-state index is 0.0993. The van der Waals surface area contributed by atoms with Crippen LogP contribution in [0.4, 0.5) is 13.2 Å². The zero-order valence-corrected chi connectivity index (χ0v) is 11.3. The van der Waals surface area contributed by atoms with E-state index in [0.717, 1.165) is 18.6 Å². The van der Waals surface area contributed by atoms with Crippen LogP contribution in [0.5, 0.6) is 0 Å². The van der Waals surface area contributed by atoms with Crippen molar-refractivity contribution in [2.45, 2.75) is 38.1 Å². The lowest BCUT2D eigenvalue weighted by atomic mass is 10.1. The van der Waals surface area contributed by atoms with E-state index in [-0.39, 0.29) is 12.1 Å². The largest absolute Gasteiger partial charge is 0.416 e. The Morgan fingerprint density at radius 3 is 2.50 bits per heavy atom. The first-order chi connectivity index (χ1) is 9.34. The van der Waals surface area contributed by atoms with E-state index < -0.39 is 23.9 Å². The molecule has 6 heteroatoms. The number of halogens is 3. The van der Waals surface area contributed by atoms with Gasteiger partial charge in [-0.25, -0.2) is 0 Å². The summed E-state index contributed by atoms with van der Waals surface area (Å²) >= 11 is 0. The first-order valence-electron chi connectivity index (χ1n) is 6.58. The molecule has 0 aliphatic carbocycles. The number of rotatable bonds is 7. The molecule has 2 atom stereocenters. The van der Waals surface area contributed by atoms with E-state index >= 15 is 0 Å². The molecule has 0 spiro atoms. The van der Waals surface area contributed by atoms with Crippen molar-refractivity contribution in [2.75, 3.05) is 13.1 Å². The molecule has 0 aromatic heterocycles. The van der Waals surface area contributed by atoms with E-state index in [1.165, 1.54) is 12.1 Å². The zero-order chi connectivity index (χ0) is 15.2. The van der Waals surface area contributed by atoms with Crippen molar-refractivity contribution in [1.82, 2.24) is 5.32 Å². The van der Waals surface area contributed by atoms with Gasteiger partial charge in [-0.05, 0) is 24.1 Å². The smallest absolute Gasteiger partial charge is 0.392 e. The molecule has 114 valence electrons. The molecule has 1 rings (SSSR count). The first-order valence-corrected chi connectivity index (χ1v) is 6.58. The summed E-state index contributed by atoms with van der Waals surface area (Å²) in [5.41, 5.74) is -0.572. The number of aliphatic hydroxyl groups excluding tert-OH is 2. The molecule has 0 amide bonds. The molecule has 0 bridgehead atoms. The summed E-state index contributed by atoms with van der Waals surface area (Å²) in [6.45, 7) is 2.35. The second-order valence-electron chi connectivity index (χ2n) is 4.74. The number of hydrogen-bond acceptors (Lipinski definition) is 3. The molecule has 2 unspecified atom stereocenters. The van der Waals surface area contributed by atoms with Crippen molar-refractivity contribution >= 4 is 0 Å². The maximum Gasteiger partial charge on any atom is 0.416 e. The lowest BCUT2D eigenvalue weighted by Gasteiger charge is -2.16. The van der Waals surface area contributed by atoms with Crippen molar-refractivity contribution in [1.29, 1.82) is 0 Å². The maximum atomic E-state index is 12.5. The van der Waals surface area contributed by atoms with Crippen LogP contribution in [0.2, 0.25) is 0 Å². The van der Waals surface area contributed by atoms with Crippen LogP contribution >= 0.6 is 0 Å². The average Bonchev–Trinajstić information content (AvgIpc) is 2.38. The minimum atomic E-state index is -4.42. The van der Waals surface area contributed by atoms with Gasteiger partial charge in [0.15, 0.2) is 0 Å². The van der Waals surface area contributed by atoms with Gasteiger partial charge in [-0.2, -0.15) is 13.2 Å². The molecule has 20 heavy (non-hydrogen) atoms. The third-order valence-electron chi connectivity index (χ3n) is 2.94. The Labute approximate surface area is 116 Å². The van der Waals surface area contributed by atoms with Crippen LogP contribution in [0.15, 0.2) is 24.3 Å². The summed E-state index contributed by atoms with van der Waals surface area (Å²) in [7, 11) is 0. The number of nitrogens with one attached hydrogen (secondary N) is 1. The second kappa shape index (κ2) is 7.61. The van der Waals surface area contributed by atoms with Crippen molar-refractivity contribution in [2.24, 2.45) is 0 Å². The molecule has 0 aliphatic heterocycles. The molecular formula is C14H20F3NO2. The Bertz CT molecular complexity index is 410. The number of hydrogen-bond donors (Lipinski definition) is 3. The Morgan fingerprint density at radius 2 is 1.90 bits per heavy atom. The van der Waals surface area contributed by atoms with Gasteiger partial charge in [0.05, 0.1) is 17.8 Å². The van der Waals surface area contributed by atoms with Crippen LogP contribution in [-0.4, -0.2) is 29.4 Å². The average molecular weight is 291 g/mol. The molecular weight excluding hydrogens is 271 g/mol. The Kier molecular flexibility index (Phi) is 6.45. The fourth-order valence-corrected chi connectivity index (χ4v) is 1.86. The summed E-state index contributed by atoms with van der Waals surface area (Å²) < 4.78 is 37.6. The molecule has 0 aliphatic rings. The topological polar surface area (TPSA) is 52.5 Å². The van der Waals surface area contributed by atoms with Crippen LogP contribution in [0.3, 0.4) is 0 Å². The SMILES string of the molecule is CCCC(O)CNCC(O)c1cccc(C(F)(F)F)c1. The van der Waals surface area contributed by atoms with E-state index in [1.807, 2.05) is 6.92 Å². The summed E-state index contributed by atoms with van der Waals surface area (Å²) in [5.74, 6) is 0. The van der Waals surface area contributed by atoms with Gasteiger partial charge < -0.3 is 15.5 Å². The lowest BCUT2D eigenvalue weighted by Crippen LogP contribution is -2.30. The third kappa shape index (κ3) is 5.48. The quantitative estimate of drug-likeness (QED) is 0.723. The minimum Gasteiger partial charge on any atom is -0.392 e. The van der Waals surface area contributed by atoms with Crippen molar-refractivity contribution < 1.29 is 23.4 Å². The fourth-order valence-electron chi connectivity index (χ4n) is 1.86. The van der Waals surface area contributed by atoms with Crippen LogP contribution in [0, 0.1) is 0 Å². The van der Waals surface area contributed by atoms with Gasteiger partial charge in [-0.15, -0.1) is 0 Å². The molecule has 1 aromatic carbocycles. The molecule has 3 N–H and O–H groups in total. The monoisotopic (exact) mass is 291 g/mol. The van der Waals surface area contributed by atoms with E-state index in [0.29, 0.717) is 13.0 Å². The fraction of sp³-hybridized carbons (Fsp3) is 0.571. The Hall–Kier alpha value is -1.11. The Morgan fingerprint density at radius 1 is 1.20 bits per heavy atom. The summed E-state index contributed by atoms with van der Waals surface area (Å²) in [4.78, 5) is 0. The number of aliphatic hydroxyl groups is 2. The van der Waals surface area contributed by atoms with Crippen LogP contribution in [-0.2, 0) is 6.18 Å². The molecule has 0 heterocycles. The highest BCUT2D eigenvalue weighted by Crippen LogP contribution is 2.30. The summed E-state index contributed by atoms with van der Waals surface area (Å²) in [6.07, 6.45) is -4.47. The van der Waals surface area contributed by atoms with Crippen molar-refractivity contribution in [3.63, 3.8) is 0 Å². The van der Waals surface area contributed by atoms with E-state index in [9.17, 15) is 23.4 Å². The molecule has 3 nitrogen and oxygen atoms in total. The molecule has 0 saturated heterocycles. The van der Waals surface area contributed by atoms with E-state index in [2.05, 4.69) is 5.32 Å². The van der Waals surface area contributed by atoms with Gasteiger partial charge in [0.25, 0.3) is 0 Å². The molecule has 0 saturated carbocycles. The van der Waals surface area contributed by atoms with Gasteiger partial charge in [0.1, 0.15) is 0 Å². The highest BCUT2D eigenvalue weighted by molar-refractivity contribution is 5.27. The van der Waals surface area contributed by atoms with Gasteiger partial charge in [0.2, 0.25) is 0 Å². The zero-order valence-electron chi connectivity index (χ0n) is 11.3. The van der Waals surface area contributed by atoms with Crippen molar-refractivity contribution in [3.05, 3.63) is 35.4 Å². The standard InChI is InChI=1S/C14H20F3NO2/c1-2-4-12(19)8-18-9-13(20)10-5-3-6-11(7-10)14(15,16)17/h3,5-7,12-13,18-20H,2,4,8-9H2,1H3. The highest BCUT2D eigenvalue weighted by atomic mass is 19.4. The van der Waals surface area contributed by atoms with E-state index in [1.54, 1.807) is 0 Å². The third-order valence-corrected chi connectivity index (χ3v) is 2.94. The van der Waals surface area contributed by atoms with Gasteiger partial charge in [-0.1, -0.05) is 25.5 Å². The summed E-state index contributed by atoms with van der Waals surface area (Å²) in [5, 5.41) is 22.2. The predicted molar refractivity (Wildman–Crippen MR) is 70.2 cm³/mol. The Balaban J connectivity index is 2.53. The molecule has 0 radical (unpaired) electrons. The molecule has 1 aromatic rings. The van der Waals surface area contributed by atoms with Crippen LogP contribution < -0.4 is 5.32 Å². The normalized spacial score (nSPS) is 15.1. The number of benzene rings is 1. The number of alkyl halides is 3. The van der Waals surface area contributed by atoms with E-state index in [4.69, 9.17) is 0 Å². The molecule has 0 fully saturated rings. The van der Waals surface area contributed by atoms with Crippen LogP contribution in [0.1, 0.15) is 37.0 Å². The first kappa shape index (κ1) is 16.9. The maximum absolute atomic E-state index is 12.5. The summed E-state index contributed by atoms with van der Waals surface area (Å²) in [6, 6.07) is 4.63. The highest BCUT2D eigenvalue weighted by Gasteiger charge is 2.30. The van der Waals surface area contributed by atoms with Crippen molar-refractivity contribution in [3.8, 4) is 0 Å². The predicted octanol–water partition coefficient (Wildman–Crippen LogP) is 2.49. The van der Waals surface area contributed by atoms with Gasteiger partial charge in [0, 0.05) is 13.1 Å². The van der Waals surface area contributed by atoms with Gasteiger partial charge >= 0.3 is 6.18 Å².